The molecule has 1 aliphatic heterocycles. The molecule has 0 spiro atoms. The van der Waals surface area contributed by atoms with Gasteiger partial charge in [-0.1, -0.05) is 0 Å². The molecule has 1 aromatic heterocycles. The Balaban J connectivity index is 1.94. The van der Waals surface area contributed by atoms with Gasteiger partial charge in [0.25, 0.3) is 5.91 Å². The van der Waals surface area contributed by atoms with Crippen LogP contribution in [0.2, 0.25) is 0 Å². The Morgan fingerprint density at radius 2 is 2.35 bits per heavy atom. The number of primary amides is 1. The lowest BCUT2D eigenvalue weighted by Gasteiger charge is -2.10. The molecule has 0 bridgehead atoms. The van der Waals surface area contributed by atoms with E-state index in [4.69, 9.17) is 10.5 Å². The zero-order chi connectivity index (χ0) is 14.7. The Kier molecular flexibility index (Phi) is 4.33. The van der Waals surface area contributed by atoms with Gasteiger partial charge in [-0.25, -0.2) is 4.98 Å². The molecule has 2 N–H and O–H groups in total. The van der Waals surface area contributed by atoms with E-state index in [2.05, 4.69) is 4.98 Å². The summed E-state index contributed by atoms with van der Waals surface area (Å²) in [4.78, 5) is 39.8. The van der Waals surface area contributed by atoms with Crippen molar-refractivity contribution in [2.75, 3.05) is 11.4 Å². The second kappa shape index (κ2) is 6.00. The molecular weight excluding hydrogens is 282 g/mol. The van der Waals surface area contributed by atoms with Crippen LogP contribution in [0, 0.1) is 0 Å². The van der Waals surface area contributed by atoms with E-state index in [9.17, 15) is 14.4 Å². The summed E-state index contributed by atoms with van der Waals surface area (Å²) in [5.41, 5.74) is 5.53. The van der Waals surface area contributed by atoms with Crippen LogP contribution < -0.4 is 10.6 Å². The van der Waals surface area contributed by atoms with Crippen LogP contribution in [0.1, 0.15) is 25.5 Å². The molecule has 0 aromatic carbocycles. The van der Waals surface area contributed by atoms with Crippen molar-refractivity contribution in [3.05, 3.63) is 11.1 Å². The Labute approximate surface area is 119 Å². The third kappa shape index (κ3) is 3.32. The minimum Gasteiger partial charge on any atom is -0.452 e. The predicted molar refractivity (Wildman–Crippen MR) is 72.2 cm³/mol. The molecule has 20 heavy (non-hydrogen) atoms. The summed E-state index contributed by atoms with van der Waals surface area (Å²) in [5.74, 6) is -1.21. The zero-order valence-electron chi connectivity index (χ0n) is 11.0. The van der Waals surface area contributed by atoms with E-state index < -0.39 is 18.0 Å². The van der Waals surface area contributed by atoms with Crippen molar-refractivity contribution >= 4 is 34.3 Å². The topological polar surface area (TPSA) is 103 Å². The van der Waals surface area contributed by atoms with Crippen molar-refractivity contribution in [3.8, 4) is 0 Å². The van der Waals surface area contributed by atoms with Crippen LogP contribution in [0.5, 0.6) is 0 Å². The van der Waals surface area contributed by atoms with Gasteiger partial charge in [-0.05, 0) is 13.3 Å². The summed E-state index contributed by atoms with van der Waals surface area (Å²) in [5, 5.41) is 2.30. The first-order chi connectivity index (χ1) is 9.47. The summed E-state index contributed by atoms with van der Waals surface area (Å²) in [6, 6.07) is 0. The molecule has 1 atom stereocenters. The molecule has 108 valence electrons. The number of nitrogens with two attached hydrogens (primary N) is 1. The summed E-state index contributed by atoms with van der Waals surface area (Å²) < 4.78 is 4.84. The average Bonchev–Trinajstić information content (AvgIpc) is 2.97. The molecule has 2 heterocycles. The van der Waals surface area contributed by atoms with E-state index in [1.54, 1.807) is 10.3 Å². The first kappa shape index (κ1) is 14.4. The highest BCUT2D eigenvalue weighted by atomic mass is 32.1. The quantitative estimate of drug-likeness (QED) is 0.784. The van der Waals surface area contributed by atoms with Gasteiger partial charge in [0.1, 0.15) is 0 Å². The maximum absolute atomic E-state index is 11.6. The number of rotatable bonds is 5. The fourth-order valence-electron chi connectivity index (χ4n) is 1.80. The van der Waals surface area contributed by atoms with Crippen molar-refractivity contribution in [3.63, 3.8) is 0 Å². The summed E-state index contributed by atoms with van der Waals surface area (Å²) in [6.07, 6.45) is 0.357. The van der Waals surface area contributed by atoms with Gasteiger partial charge in [0, 0.05) is 18.3 Å². The van der Waals surface area contributed by atoms with Crippen LogP contribution in [0.25, 0.3) is 0 Å². The fraction of sp³-hybridized carbons (Fsp3) is 0.500. The summed E-state index contributed by atoms with van der Waals surface area (Å²) >= 11 is 1.31. The lowest BCUT2D eigenvalue weighted by atomic mass is 10.3. The largest absolute Gasteiger partial charge is 0.452 e. The van der Waals surface area contributed by atoms with Gasteiger partial charge in [0.2, 0.25) is 5.91 Å². The third-order valence-corrected chi connectivity index (χ3v) is 3.79. The molecule has 2 rings (SSSR count). The third-order valence-electron chi connectivity index (χ3n) is 2.88. The van der Waals surface area contributed by atoms with Gasteiger partial charge in [-0.2, -0.15) is 0 Å². The molecule has 1 aliphatic rings. The van der Waals surface area contributed by atoms with E-state index >= 15 is 0 Å². The number of hydrogen-bond acceptors (Lipinski definition) is 6. The molecule has 1 aromatic rings. The summed E-state index contributed by atoms with van der Waals surface area (Å²) in [7, 11) is 0. The van der Waals surface area contributed by atoms with Gasteiger partial charge in [-0.15, -0.1) is 11.3 Å². The highest BCUT2D eigenvalue weighted by Gasteiger charge is 2.24. The number of carbonyl (C=O) groups excluding carboxylic acids is 3. The van der Waals surface area contributed by atoms with Crippen molar-refractivity contribution in [2.24, 2.45) is 5.73 Å². The maximum Gasteiger partial charge on any atom is 0.312 e. The first-order valence-electron chi connectivity index (χ1n) is 6.21. The number of anilines is 1. The monoisotopic (exact) mass is 297 g/mol. The van der Waals surface area contributed by atoms with Crippen LogP contribution in [0.3, 0.4) is 0 Å². The second-order valence-corrected chi connectivity index (χ2v) is 5.32. The minimum atomic E-state index is -0.958. The van der Waals surface area contributed by atoms with Crippen molar-refractivity contribution in [1.29, 1.82) is 0 Å². The molecule has 1 saturated heterocycles. The molecule has 7 nitrogen and oxygen atoms in total. The molecule has 0 saturated carbocycles. The van der Waals surface area contributed by atoms with E-state index in [0.29, 0.717) is 23.8 Å². The van der Waals surface area contributed by atoms with E-state index in [0.717, 1.165) is 6.42 Å². The highest BCUT2D eigenvalue weighted by molar-refractivity contribution is 7.14. The number of nitrogens with zero attached hydrogens (tertiary/aromatic N) is 2. The van der Waals surface area contributed by atoms with Crippen molar-refractivity contribution < 1.29 is 19.1 Å². The number of amides is 2. The first-order valence-corrected chi connectivity index (χ1v) is 7.09. The van der Waals surface area contributed by atoms with E-state index in [-0.39, 0.29) is 12.3 Å². The van der Waals surface area contributed by atoms with Crippen LogP contribution >= 0.6 is 11.3 Å². The molecule has 0 aliphatic carbocycles. The van der Waals surface area contributed by atoms with Gasteiger partial charge in [-0.3, -0.25) is 19.3 Å². The van der Waals surface area contributed by atoms with E-state index in [1.165, 1.54) is 18.3 Å². The van der Waals surface area contributed by atoms with Gasteiger partial charge >= 0.3 is 5.97 Å². The molecule has 0 unspecified atom stereocenters. The van der Waals surface area contributed by atoms with Gasteiger partial charge in [0.05, 0.1) is 12.1 Å². The number of hydrogen-bond donors (Lipinski definition) is 1. The normalized spacial score (nSPS) is 16.2. The maximum atomic E-state index is 11.6. The SMILES string of the molecule is C[C@H](OC(=O)Cc1csc(N2CCCC2=O)n1)C(N)=O. The van der Waals surface area contributed by atoms with Crippen molar-refractivity contribution in [1.82, 2.24) is 4.98 Å². The van der Waals surface area contributed by atoms with Crippen molar-refractivity contribution in [2.45, 2.75) is 32.3 Å². The Morgan fingerprint density at radius 1 is 1.60 bits per heavy atom. The number of esters is 1. The van der Waals surface area contributed by atoms with Gasteiger partial charge < -0.3 is 10.5 Å². The Bertz CT molecular complexity index is 543. The Morgan fingerprint density at radius 3 is 2.95 bits per heavy atom. The average molecular weight is 297 g/mol. The molecule has 2 amide bonds. The van der Waals surface area contributed by atoms with Gasteiger partial charge in [0.15, 0.2) is 11.2 Å². The summed E-state index contributed by atoms with van der Waals surface area (Å²) in [6.45, 7) is 2.07. The van der Waals surface area contributed by atoms with Crippen LogP contribution in [0.4, 0.5) is 5.13 Å². The smallest absolute Gasteiger partial charge is 0.312 e. The molecule has 8 heteroatoms. The fourth-order valence-corrected chi connectivity index (χ4v) is 2.66. The number of aromatic nitrogens is 1. The second-order valence-electron chi connectivity index (χ2n) is 4.48. The zero-order valence-corrected chi connectivity index (χ0v) is 11.8. The number of ether oxygens (including phenoxy) is 1. The number of thiazole rings is 1. The lowest BCUT2D eigenvalue weighted by molar-refractivity contribution is -0.153. The van der Waals surface area contributed by atoms with Crippen LogP contribution in [0.15, 0.2) is 5.38 Å². The standard InChI is InChI=1S/C12H15N3O4S/c1-7(11(13)18)19-10(17)5-8-6-20-12(14-8)15-4-2-3-9(15)16/h6-7H,2-5H2,1H3,(H2,13,18)/t7-/m0/s1. The molecule has 1 fully saturated rings. The lowest BCUT2D eigenvalue weighted by Crippen LogP contribution is -2.31. The van der Waals surface area contributed by atoms with Crippen LogP contribution in [-0.4, -0.2) is 35.4 Å². The predicted octanol–water partition coefficient (Wildman–Crippen LogP) is 0.229. The highest BCUT2D eigenvalue weighted by Crippen LogP contribution is 2.25. The Hall–Kier alpha value is -1.96. The van der Waals surface area contributed by atoms with E-state index in [1.807, 2.05) is 0 Å². The van der Waals surface area contributed by atoms with Crippen LogP contribution in [-0.2, 0) is 25.5 Å². The minimum absolute atomic E-state index is 0.0455. The molecular formula is C12H15N3O4S. The number of carbonyl (C=O) groups is 3. The molecule has 0 radical (unpaired) electrons.